The zero-order chi connectivity index (χ0) is 30.4. The van der Waals surface area contributed by atoms with Crippen molar-refractivity contribution in [3.63, 3.8) is 0 Å². The average Bonchev–Trinajstić information content (AvgIpc) is 3.44. The van der Waals surface area contributed by atoms with Crippen molar-refractivity contribution < 1.29 is 33.8 Å². The lowest BCUT2D eigenvalue weighted by Gasteiger charge is -2.24. The van der Waals surface area contributed by atoms with Crippen molar-refractivity contribution in [2.24, 2.45) is 0 Å². The van der Waals surface area contributed by atoms with Gasteiger partial charge in [0.2, 0.25) is 11.8 Å². The molecule has 1 aliphatic rings. The lowest BCUT2D eigenvalue weighted by molar-refractivity contribution is -0.141. The third-order valence-corrected chi connectivity index (χ3v) is 6.79. The van der Waals surface area contributed by atoms with E-state index in [1.165, 1.54) is 0 Å². The summed E-state index contributed by atoms with van der Waals surface area (Å²) in [6.45, 7) is 0.0753. The van der Waals surface area contributed by atoms with Crippen LogP contribution in [0.4, 0.5) is 10.6 Å². The molecule has 12 nitrogen and oxygen atoms in total. The molecule has 1 aromatic heterocycles. The Morgan fingerprint density at radius 3 is 2.30 bits per heavy atom. The number of carbonyl (C=O) groups excluding carboxylic acids is 3. The van der Waals surface area contributed by atoms with E-state index in [9.17, 15) is 24.3 Å². The highest BCUT2D eigenvalue weighted by Gasteiger charge is 2.37. The molecule has 43 heavy (non-hydrogen) atoms. The number of rotatable bonds is 14. The maximum Gasteiger partial charge on any atom is 0.410 e. The van der Waals surface area contributed by atoms with Crippen molar-refractivity contribution in [1.82, 2.24) is 20.5 Å². The topological polar surface area (TPSA) is 159 Å². The summed E-state index contributed by atoms with van der Waals surface area (Å²) in [6, 6.07) is 22.2. The van der Waals surface area contributed by atoms with Crippen LogP contribution in [0.15, 0.2) is 85.1 Å². The number of carboxylic acids is 1. The minimum atomic E-state index is -1.30. The molecule has 0 unspecified atom stereocenters. The molecular weight excluding hydrogens is 554 g/mol. The van der Waals surface area contributed by atoms with E-state index < -0.39 is 36.0 Å². The van der Waals surface area contributed by atoms with Crippen LogP contribution in [0.1, 0.15) is 17.5 Å². The number of nitrogens with zero attached hydrogens (tertiary/aromatic N) is 2. The van der Waals surface area contributed by atoms with Crippen molar-refractivity contribution in [3.8, 4) is 0 Å². The van der Waals surface area contributed by atoms with Gasteiger partial charge in [0.15, 0.2) is 0 Å². The Morgan fingerprint density at radius 1 is 0.930 bits per heavy atom. The fourth-order valence-electron chi connectivity index (χ4n) is 4.59. The number of benzene rings is 2. The number of pyridine rings is 1. The number of carbonyl (C=O) groups is 4. The molecule has 12 heteroatoms. The number of ether oxygens (including phenoxy) is 2. The van der Waals surface area contributed by atoms with E-state index in [1.807, 2.05) is 48.5 Å². The molecule has 226 valence electrons. The second-order valence-electron chi connectivity index (χ2n) is 10.0. The number of nitrogens with one attached hydrogen (secondary N) is 3. The van der Waals surface area contributed by atoms with Crippen LogP contribution in [0.5, 0.6) is 0 Å². The summed E-state index contributed by atoms with van der Waals surface area (Å²) in [7, 11) is 0. The quantitative estimate of drug-likeness (QED) is 0.221. The Kier molecular flexibility index (Phi) is 11.4. The van der Waals surface area contributed by atoms with E-state index in [2.05, 4.69) is 20.9 Å². The van der Waals surface area contributed by atoms with Gasteiger partial charge in [-0.05, 0) is 29.7 Å². The van der Waals surface area contributed by atoms with E-state index in [0.29, 0.717) is 18.8 Å². The van der Waals surface area contributed by atoms with E-state index in [-0.39, 0.29) is 38.8 Å². The van der Waals surface area contributed by atoms with Crippen molar-refractivity contribution in [2.75, 3.05) is 31.6 Å². The molecule has 1 saturated heterocycles. The molecule has 3 amide bonds. The molecule has 4 N–H and O–H groups in total. The normalized spacial score (nSPS) is 16.6. The number of carboxylic acid groups (broad SMARTS) is 1. The maximum absolute atomic E-state index is 13.0. The van der Waals surface area contributed by atoms with Crippen LogP contribution in [0.25, 0.3) is 0 Å². The molecule has 1 fully saturated rings. The molecule has 0 saturated carbocycles. The molecule has 0 radical (unpaired) electrons. The number of anilines is 1. The van der Waals surface area contributed by atoms with Gasteiger partial charge < -0.3 is 35.4 Å². The Labute approximate surface area is 249 Å². The third kappa shape index (κ3) is 10.1. The Bertz CT molecular complexity index is 1340. The number of hydrogen-bond acceptors (Lipinski definition) is 8. The van der Waals surface area contributed by atoms with E-state index in [4.69, 9.17) is 9.47 Å². The SMILES string of the molecule is O=C(CO[C@@H]1C[C@@H](CNc2ccccn2)N(C(=O)OCc2ccccc2)C1)NC[C@H](NC(=O)Cc1ccccc1)C(=O)O. The molecule has 4 rings (SSSR count). The summed E-state index contributed by atoms with van der Waals surface area (Å²) in [5.41, 5.74) is 1.60. The lowest BCUT2D eigenvalue weighted by Crippen LogP contribution is -2.49. The maximum atomic E-state index is 13.0. The van der Waals surface area contributed by atoms with Gasteiger partial charge in [0, 0.05) is 19.3 Å². The molecule has 1 aliphatic heterocycles. The van der Waals surface area contributed by atoms with E-state index in [0.717, 1.165) is 11.1 Å². The number of aromatic nitrogens is 1. The monoisotopic (exact) mass is 589 g/mol. The van der Waals surface area contributed by atoms with E-state index >= 15 is 0 Å². The summed E-state index contributed by atoms with van der Waals surface area (Å²) < 4.78 is 11.3. The summed E-state index contributed by atoms with van der Waals surface area (Å²) in [5, 5.41) is 17.7. The Hall–Kier alpha value is -4.97. The first-order valence-corrected chi connectivity index (χ1v) is 13.9. The zero-order valence-corrected chi connectivity index (χ0v) is 23.6. The predicted molar refractivity (Wildman–Crippen MR) is 157 cm³/mol. The second-order valence-corrected chi connectivity index (χ2v) is 10.0. The van der Waals surface area contributed by atoms with Gasteiger partial charge >= 0.3 is 12.1 Å². The number of aliphatic carboxylic acids is 1. The van der Waals surface area contributed by atoms with Crippen molar-refractivity contribution in [1.29, 1.82) is 0 Å². The Morgan fingerprint density at radius 2 is 1.63 bits per heavy atom. The molecule has 0 aliphatic carbocycles. The van der Waals surface area contributed by atoms with E-state index in [1.54, 1.807) is 41.4 Å². The van der Waals surface area contributed by atoms with Crippen LogP contribution in [0, 0.1) is 0 Å². The highest BCUT2D eigenvalue weighted by Crippen LogP contribution is 2.22. The smallest absolute Gasteiger partial charge is 0.410 e. The molecule has 0 bridgehead atoms. The minimum Gasteiger partial charge on any atom is -0.480 e. The van der Waals surface area contributed by atoms with Gasteiger partial charge in [-0.2, -0.15) is 0 Å². The third-order valence-electron chi connectivity index (χ3n) is 6.79. The number of hydrogen-bond donors (Lipinski definition) is 4. The molecule has 2 aromatic carbocycles. The minimum absolute atomic E-state index is 0.0179. The van der Waals surface area contributed by atoms with Gasteiger partial charge in [-0.3, -0.25) is 9.59 Å². The first-order chi connectivity index (χ1) is 20.9. The van der Waals surface area contributed by atoms with Gasteiger partial charge in [0.25, 0.3) is 0 Å². The number of likely N-dealkylation sites (tertiary alicyclic amines) is 1. The standard InChI is InChI=1S/C31H35N5O7/c37-28(15-22-9-3-1-4-10-22)35-26(30(39)40)18-34-29(38)21-42-25-16-24(17-33-27-13-7-8-14-32-27)36(19-25)31(41)43-20-23-11-5-2-6-12-23/h1-14,24-26H,15-21H2,(H,32,33)(H,34,38)(H,35,37)(H,39,40)/t24-,25+,26-/m0/s1. The van der Waals surface area contributed by atoms with Crippen molar-refractivity contribution >= 4 is 29.7 Å². The molecule has 3 atom stereocenters. The highest BCUT2D eigenvalue weighted by atomic mass is 16.6. The summed E-state index contributed by atoms with van der Waals surface area (Å²) >= 11 is 0. The Balaban J connectivity index is 1.26. The van der Waals surface area contributed by atoms with Crippen LogP contribution in [-0.2, 0) is 36.9 Å². The van der Waals surface area contributed by atoms with Crippen LogP contribution < -0.4 is 16.0 Å². The first kappa shape index (κ1) is 31.0. The van der Waals surface area contributed by atoms with Gasteiger partial charge in [-0.15, -0.1) is 0 Å². The van der Waals surface area contributed by atoms with Gasteiger partial charge in [0.1, 0.15) is 25.1 Å². The summed E-state index contributed by atoms with van der Waals surface area (Å²) in [4.78, 5) is 55.3. The fourth-order valence-corrected chi connectivity index (χ4v) is 4.59. The van der Waals surface area contributed by atoms with Gasteiger partial charge in [-0.1, -0.05) is 66.7 Å². The highest BCUT2D eigenvalue weighted by molar-refractivity contribution is 5.85. The van der Waals surface area contributed by atoms with Gasteiger partial charge in [0.05, 0.1) is 25.1 Å². The van der Waals surface area contributed by atoms with Crippen LogP contribution in [0.2, 0.25) is 0 Å². The predicted octanol–water partition coefficient (Wildman–Crippen LogP) is 2.22. The van der Waals surface area contributed by atoms with Crippen molar-refractivity contribution in [3.05, 3.63) is 96.2 Å². The average molecular weight is 590 g/mol. The molecular formula is C31H35N5O7. The second kappa shape index (κ2) is 15.9. The molecule has 2 heterocycles. The summed E-state index contributed by atoms with van der Waals surface area (Å²) in [5.74, 6) is -1.63. The van der Waals surface area contributed by atoms with Crippen LogP contribution in [0.3, 0.4) is 0 Å². The van der Waals surface area contributed by atoms with Crippen LogP contribution >= 0.6 is 0 Å². The van der Waals surface area contributed by atoms with Gasteiger partial charge in [-0.25, -0.2) is 14.6 Å². The van der Waals surface area contributed by atoms with Crippen LogP contribution in [-0.4, -0.2) is 83.3 Å². The lowest BCUT2D eigenvalue weighted by atomic mass is 10.1. The first-order valence-electron chi connectivity index (χ1n) is 13.9. The zero-order valence-electron chi connectivity index (χ0n) is 23.6. The summed E-state index contributed by atoms with van der Waals surface area (Å²) in [6.07, 6.45) is 1.18. The molecule has 3 aromatic rings. The fraction of sp³-hybridized carbons (Fsp3) is 0.323. The largest absolute Gasteiger partial charge is 0.480 e. The van der Waals surface area contributed by atoms with Crippen molar-refractivity contribution in [2.45, 2.75) is 37.6 Å². The molecule has 0 spiro atoms. The number of amides is 3.